The molecule has 2 aliphatic heterocycles. The van der Waals surface area contributed by atoms with Gasteiger partial charge >= 0.3 is 12.4 Å². The highest BCUT2D eigenvalue weighted by atomic mass is 32.2. The molecular formula is C25H23F8N5O3S. The predicted octanol–water partition coefficient (Wildman–Crippen LogP) is 4.09. The number of alkyl halides is 7. The van der Waals surface area contributed by atoms with E-state index in [1.165, 1.54) is 14.0 Å². The second kappa shape index (κ2) is 11.2. The van der Waals surface area contributed by atoms with Crippen LogP contribution in [0.1, 0.15) is 24.7 Å². The first-order valence-corrected chi connectivity index (χ1v) is 13.7. The van der Waals surface area contributed by atoms with Crippen molar-refractivity contribution >= 4 is 21.6 Å². The molecule has 1 aromatic carbocycles. The summed E-state index contributed by atoms with van der Waals surface area (Å²) in [7, 11) is -3.26. The molecule has 1 aromatic heterocycles. The summed E-state index contributed by atoms with van der Waals surface area (Å²) in [6.45, 7) is -0.299. The minimum Gasteiger partial charge on any atom is -0.368 e. The highest BCUT2D eigenvalue weighted by Gasteiger charge is 2.49. The minimum atomic E-state index is -4.87. The van der Waals surface area contributed by atoms with Crippen LogP contribution in [-0.4, -0.2) is 78.1 Å². The molecule has 4 rings (SSSR count). The second-order valence-corrected chi connectivity index (χ2v) is 11.5. The number of benzene rings is 1. The van der Waals surface area contributed by atoms with Gasteiger partial charge in [-0.3, -0.25) is 9.78 Å². The van der Waals surface area contributed by atoms with Crippen molar-refractivity contribution < 1.29 is 48.3 Å². The Bertz CT molecular complexity index is 1510. The lowest BCUT2D eigenvalue weighted by Gasteiger charge is -2.31. The van der Waals surface area contributed by atoms with Crippen LogP contribution in [0.3, 0.4) is 0 Å². The fraction of sp³-hybridized carbons (Fsp3) is 0.400. The maximum absolute atomic E-state index is 14.7. The Hall–Kier alpha value is -3.60. The van der Waals surface area contributed by atoms with E-state index in [0.717, 1.165) is 41.4 Å². The molecular weight excluding hydrogens is 602 g/mol. The number of halogens is 8. The first-order valence-electron chi connectivity index (χ1n) is 12.2. The number of carbonyl (C=O) groups excluding carboxylic acids is 1. The lowest BCUT2D eigenvalue weighted by molar-refractivity contribution is -0.141. The van der Waals surface area contributed by atoms with Gasteiger partial charge in [-0.05, 0) is 42.8 Å². The molecule has 0 saturated carbocycles. The van der Waals surface area contributed by atoms with E-state index in [1.54, 1.807) is 0 Å². The maximum Gasteiger partial charge on any atom is 0.434 e. The Morgan fingerprint density at radius 3 is 2.24 bits per heavy atom. The number of hydrogen-bond acceptors (Lipinski definition) is 6. The van der Waals surface area contributed by atoms with Gasteiger partial charge in [0.1, 0.15) is 23.7 Å². The van der Waals surface area contributed by atoms with E-state index in [4.69, 9.17) is 0 Å². The van der Waals surface area contributed by atoms with Gasteiger partial charge in [-0.25, -0.2) is 22.2 Å². The zero-order valence-electron chi connectivity index (χ0n) is 21.8. The molecule has 2 aliphatic rings. The Morgan fingerprint density at radius 1 is 1.05 bits per heavy atom. The molecule has 0 spiro atoms. The monoisotopic (exact) mass is 625 g/mol. The van der Waals surface area contributed by atoms with Gasteiger partial charge in [0, 0.05) is 26.6 Å². The Balaban J connectivity index is 1.62. The van der Waals surface area contributed by atoms with E-state index in [2.05, 4.69) is 15.3 Å². The highest BCUT2D eigenvalue weighted by molar-refractivity contribution is 7.89. The van der Waals surface area contributed by atoms with Gasteiger partial charge < -0.3 is 10.2 Å². The van der Waals surface area contributed by atoms with Crippen LogP contribution in [0.2, 0.25) is 0 Å². The number of nitrogens with one attached hydrogen (secondary N) is 1. The average Bonchev–Trinajstić information content (AvgIpc) is 3.21. The summed E-state index contributed by atoms with van der Waals surface area (Å²) < 4.78 is 135. The number of amides is 1. The predicted molar refractivity (Wildman–Crippen MR) is 132 cm³/mol. The van der Waals surface area contributed by atoms with Gasteiger partial charge in [0.2, 0.25) is 15.9 Å². The molecule has 1 saturated heterocycles. The second-order valence-electron chi connectivity index (χ2n) is 9.69. The lowest BCUT2D eigenvalue weighted by Crippen LogP contribution is -2.49. The van der Waals surface area contributed by atoms with Crippen molar-refractivity contribution in [2.45, 2.75) is 48.8 Å². The first-order chi connectivity index (χ1) is 19.4. The fourth-order valence-electron chi connectivity index (χ4n) is 4.69. The molecule has 17 heteroatoms. The molecule has 8 nitrogen and oxygen atoms in total. The van der Waals surface area contributed by atoms with Crippen molar-refractivity contribution in [3.63, 3.8) is 0 Å². The Morgan fingerprint density at radius 2 is 1.69 bits per heavy atom. The molecule has 0 radical (unpaired) electrons. The molecule has 0 aliphatic carbocycles. The zero-order valence-corrected chi connectivity index (χ0v) is 22.7. The fourth-order valence-corrected chi connectivity index (χ4v) is 6.50. The SMILES string of the molecule is C[C@H]1[C@H](F)C[C@@H](C(=O)NCC2=C(C(F)(F)F)CN(C)C(c3cnc(C(F)(F)F)cn3)=C2)N1S(=O)(=O)c1ccc(F)cc1. The normalized spacial score (nSPS) is 22.4. The summed E-state index contributed by atoms with van der Waals surface area (Å²) in [4.78, 5) is 20.7. The number of sulfonamides is 1. The van der Waals surface area contributed by atoms with E-state index in [-0.39, 0.29) is 11.4 Å². The standard InChI is InChI=1S/C25H23F8N5O3S/c1-13-18(27)8-21(38(13)42(40,41)16-5-3-15(26)4-6-16)23(39)36-9-14-7-20(37(2)12-17(14)24(28,29)30)19-10-35-22(11-34-19)25(31,32)33/h3-7,10-11,13,18,21H,8-9,12H2,1-2H3,(H,36,39)/t13-,18+,21-/m0/s1. The zero-order chi connectivity index (χ0) is 31.2. The molecule has 42 heavy (non-hydrogen) atoms. The summed E-state index contributed by atoms with van der Waals surface area (Å²) >= 11 is 0. The van der Waals surface area contributed by atoms with Gasteiger partial charge in [-0.15, -0.1) is 0 Å². The third kappa shape index (κ3) is 6.25. The van der Waals surface area contributed by atoms with Crippen molar-refractivity contribution in [3.8, 4) is 0 Å². The van der Waals surface area contributed by atoms with E-state index in [1.807, 2.05) is 0 Å². The van der Waals surface area contributed by atoms with Gasteiger partial charge in [0.15, 0.2) is 5.69 Å². The summed E-state index contributed by atoms with van der Waals surface area (Å²) in [5.74, 6) is -1.81. The quantitative estimate of drug-likeness (QED) is 0.487. The summed E-state index contributed by atoms with van der Waals surface area (Å²) in [6.07, 6.45) is -9.86. The molecule has 2 aromatic rings. The van der Waals surface area contributed by atoms with E-state index >= 15 is 0 Å². The molecule has 0 bridgehead atoms. The van der Waals surface area contributed by atoms with Crippen LogP contribution in [0.25, 0.3) is 5.70 Å². The minimum absolute atomic E-state index is 0.0210. The van der Waals surface area contributed by atoms with E-state index in [9.17, 15) is 48.3 Å². The van der Waals surface area contributed by atoms with Crippen molar-refractivity contribution in [2.75, 3.05) is 20.1 Å². The van der Waals surface area contributed by atoms with Crippen LogP contribution in [0.15, 0.2) is 58.8 Å². The Kier molecular flexibility index (Phi) is 8.39. The molecule has 1 amide bonds. The van der Waals surface area contributed by atoms with Crippen molar-refractivity contribution in [1.82, 2.24) is 24.5 Å². The number of aromatic nitrogens is 2. The van der Waals surface area contributed by atoms with Crippen molar-refractivity contribution in [1.29, 1.82) is 0 Å². The van der Waals surface area contributed by atoms with Gasteiger partial charge in [-0.1, -0.05) is 0 Å². The van der Waals surface area contributed by atoms with Crippen LogP contribution in [0.5, 0.6) is 0 Å². The first kappa shape index (κ1) is 31.3. The van der Waals surface area contributed by atoms with Gasteiger partial charge in [0.25, 0.3) is 0 Å². The summed E-state index contributed by atoms with van der Waals surface area (Å²) in [5.41, 5.74) is -3.04. The third-order valence-corrected chi connectivity index (χ3v) is 8.89. The topological polar surface area (TPSA) is 95.5 Å². The third-order valence-electron chi connectivity index (χ3n) is 6.88. The van der Waals surface area contributed by atoms with E-state index < -0.39 is 93.6 Å². The van der Waals surface area contributed by atoms with E-state index in [0.29, 0.717) is 10.5 Å². The maximum atomic E-state index is 14.7. The van der Waals surface area contributed by atoms with Crippen LogP contribution < -0.4 is 5.32 Å². The molecule has 0 unspecified atom stereocenters. The Labute approximate surface area is 234 Å². The molecule has 228 valence electrons. The van der Waals surface area contributed by atoms with Crippen LogP contribution in [-0.2, 0) is 21.0 Å². The largest absolute Gasteiger partial charge is 0.434 e. The highest BCUT2D eigenvalue weighted by Crippen LogP contribution is 2.37. The van der Waals surface area contributed by atoms with Crippen LogP contribution >= 0.6 is 0 Å². The van der Waals surface area contributed by atoms with Gasteiger partial charge in [-0.2, -0.15) is 30.6 Å². The smallest absolute Gasteiger partial charge is 0.368 e. The molecule has 1 N–H and O–H groups in total. The molecule has 3 heterocycles. The number of nitrogens with zero attached hydrogens (tertiary/aromatic N) is 4. The van der Waals surface area contributed by atoms with Crippen LogP contribution in [0.4, 0.5) is 35.1 Å². The van der Waals surface area contributed by atoms with Gasteiger partial charge in [0.05, 0.1) is 34.6 Å². The lowest BCUT2D eigenvalue weighted by atomic mass is 10.00. The summed E-state index contributed by atoms with van der Waals surface area (Å²) in [6, 6.07) is 0.669. The number of carbonyl (C=O) groups is 1. The van der Waals surface area contributed by atoms with Crippen molar-refractivity contribution in [2.24, 2.45) is 0 Å². The summed E-state index contributed by atoms with van der Waals surface area (Å²) in [5, 5.41) is 2.24. The van der Waals surface area contributed by atoms with Crippen molar-refractivity contribution in [3.05, 3.63) is 71.1 Å². The average molecular weight is 626 g/mol. The van der Waals surface area contributed by atoms with Crippen LogP contribution in [0, 0.1) is 5.82 Å². The molecule has 3 atom stereocenters. The molecule has 1 fully saturated rings. The number of likely N-dealkylation sites (N-methyl/N-ethyl adjacent to an activating group) is 1. The number of rotatable bonds is 6. The number of hydrogen-bond donors (Lipinski definition) is 1.